The molecule has 6 heterocycles. The third kappa shape index (κ3) is 31.8. The van der Waals surface area contributed by atoms with Gasteiger partial charge in [-0.1, -0.05) is 125 Å². The van der Waals surface area contributed by atoms with Crippen LogP contribution in [0.3, 0.4) is 0 Å². The van der Waals surface area contributed by atoms with Gasteiger partial charge in [-0.2, -0.15) is 0 Å². The number of carbonyl (C=O) groups excluding carboxylic acids is 6. The Morgan fingerprint density at radius 3 is 0.816 bits per heavy atom. The van der Waals surface area contributed by atoms with E-state index in [0.717, 1.165) is 102 Å². The molecular formula is C121H110F2N18O6. The molecule has 0 aliphatic heterocycles. The second-order valence-corrected chi connectivity index (χ2v) is 33.8. The van der Waals surface area contributed by atoms with Crippen molar-refractivity contribution >= 4 is 138 Å². The lowest BCUT2D eigenvalue weighted by molar-refractivity contribution is 0.101. The number of aryl methyl sites for hydroxylation is 5. The molecule has 0 aliphatic rings. The fourth-order valence-electron chi connectivity index (χ4n) is 15.0. The predicted octanol–water partition coefficient (Wildman–Crippen LogP) is 26.8. The number of hydrogen-bond donors (Lipinski definition) is 7. The van der Waals surface area contributed by atoms with Gasteiger partial charge in [0.1, 0.15) is 11.6 Å². The Morgan fingerprint density at radius 1 is 0.252 bits per heavy atom. The Balaban J connectivity index is 0.000000147. The van der Waals surface area contributed by atoms with Crippen molar-refractivity contribution < 1.29 is 37.5 Å². The first-order valence-electron chi connectivity index (χ1n) is 46.9. The van der Waals surface area contributed by atoms with Crippen molar-refractivity contribution in [2.24, 2.45) is 0 Å². The van der Waals surface area contributed by atoms with Gasteiger partial charge < -0.3 is 61.7 Å². The van der Waals surface area contributed by atoms with Crippen LogP contribution in [0.15, 0.2) is 426 Å². The molecule has 26 heteroatoms. The Bertz CT molecular complexity index is 7400. The standard InChI is InChI=1S/C21H20FN3O.C21H17N3O.C20H18FN3O.2C20H19N3O.C19H17N3O/c1-3-25(19-8-5-9-23-14-19)20-12-17(22)11-18(13-20)24-21(26)16-7-4-6-15(2)10-16;1-3-16-7-4-8-17(13-16)21(25)23-18-9-5-10-19(14-18)24(2)20-11-6-12-22-15-20;1-14-5-3-6-15(9-14)20(25)23-17-10-16(21)11-19(12-17)24(2)18-7-4-8-22-13-18;2*1-15-6-3-7-16(12-15)20(24)22-17-8-4-9-18(13-17)23(2)19-10-5-11-21-14-19;1-14-5-2-6-15(11-14)19(23)22-17-8-3-7-16(12-17)21-18-9-4-10-20-13-18/h4-14H,3H2,1-2H3,(H,24,26);1,4-15H,2H3,(H,23,25);3-13H,1-2H3,(H,23,25);2*3-14H,1-2H3,(H,22,24);2-13,21H,1H3,(H,22,23). The number of rotatable bonds is 25. The molecule has 18 rings (SSSR count). The SMILES string of the molecule is C#Cc1cccc(C(=O)Nc2cccc(N(C)c3cccnc3)c2)c1.CCN(c1cccnc1)c1cc(F)cc(NC(=O)c2cccc(C)c2)c1.Cc1cccc(C(=O)Nc2cc(F)cc(N(C)c3cccnc3)c2)c1.Cc1cccc(C(=O)Nc2cccc(N(C)c3cccnc3)c2)c1.Cc1cccc(C(=O)Nc2cccc(N(C)c3cccnc3)c2)c1.Cc1cccc(C(=O)Nc2cccc(Nc3cccnc3)c2)c1. The topological polar surface area (TPSA) is 280 Å². The number of nitrogens with zero attached hydrogens (tertiary/aromatic N) is 11. The Kier molecular flexibility index (Phi) is 37.6. The van der Waals surface area contributed by atoms with Crippen LogP contribution >= 0.6 is 0 Å². The number of halogens is 2. The van der Waals surface area contributed by atoms with Crippen LogP contribution in [0.5, 0.6) is 0 Å². The van der Waals surface area contributed by atoms with Gasteiger partial charge in [0.25, 0.3) is 35.4 Å². The summed E-state index contributed by atoms with van der Waals surface area (Å²) in [5, 5.41) is 20.5. The maximum Gasteiger partial charge on any atom is 0.255 e. The van der Waals surface area contributed by atoms with E-state index in [-0.39, 0.29) is 35.4 Å². The molecule has 0 bridgehead atoms. The van der Waals surface area contributed by atoms with Crippen LogP contribution < -0.4 is 61.7 Å². The van der Waals surface area contributed by atoms with E-state index in [4.69, 9.17) is 6.42 Å². The number of amides is 6. The van der Waals surface area contributed by atoms with E-state index in [0.29, 0.717) is 73.9 Å². The lowest BCUT2D eigenvalue weighted by Crippen LogP contribution is -2.17. The van der Waals surface area contributed by atoms with Crippen molar-refractivity contribution in [2.75, 3.05) is 96.5 Å². The van der Waals surface area contributed by atoms with Gasteiger partial charge in [0.05, 0.1) is 71.3 Å². The summed E-state index contributed by atoms with van der Waals surface area (Å²) in [5.74, 6) is 0.620. The summed E-state index contributed by atoms with van der Waals surface area (Å²) in [6.07, 6.45) is 26.3. The van der Waals surface area contributed by atoms with Gasteiger partial charge in [0.2, 0.25) is 0 Å². The summed E-state index contributed by atoms with van der Waals surface area (Å²) < 4.78 is 28.2. The van der Waals surface area contributed by atoms with E-state index in [1.54, 1.807) is 146 Å². The van der Waals surface area contributed by atoms with Crippen LogP contribution in [0.4, 0.5) is 111 Å². The fourth-order valence-corrected chi connectivity index (χ4v) is 15.0. The van der Waals surface area contributed by atoms with E-state index < -0.39 is 11.6 Å². The molecule has 0 atom stereocenters. The molecule has 0 saturated carbocycles. The second-order valence-electron chi connectivity index (χ2n) is 33.8. The predicted molar refractivity (Wildman–Crippen MR) is 590 cm³/mol. The van der Waals surface area contributed by atoms with E-state index in [2.05, 4.69) is 73.0 Å². The quantitative estimate of drug-likeness (QED) is 0.0262. The molecular weight excluding hydrogens is 1840 g/mol. The van der Waals surface area contributed by atoms with Gasteiger partial charge >= 0.3 is 0 Å². The minimum Gasteiger partial charge on any atom is -0.354 e. The largest absolute Gasteiger partial charge is 0.354 e. The van der Waals surface area contributed by atoms with Gasteiger partial charge in [-0.15, -0.1) is 6.42 Å². The number of benzene rings is 12. The summed E-state index contributed by atoms with van der Waals surface area (Å²) in [4.78, 5) is 109. The van der Waals surface area contributed by atoms with E-state index in [9.17, 15) is 37.5 Å². The average molecular weight is 1950 g/mol. The summed E-state index contributed by atoms with van der Waals surface area (Å²) in [5.41, 5.74) is 23.8. The molecule has 0 unspecified atom stereocenters. The van der Waals surface area contributed by atoms with Gasteiger partial charge in [-0.3, -0.25) is 58.7 Å². The monoisotopic (exact) mass is 1950 g/mol. The Hall–Kier alpha value is -19.4. The Labute approximate surface area is 855 Å². The van der Waals surface area contributed by atoms with Crippen LogP contribution in [0.1, 0.15) is 102 Å². The molecule has 12 aromatic carbocycles. The smallest absolute Gasteiger partial charge is 0.255 e. The molecule has 24 nitrogen and oxygen atoms in total. The van der Waals surface area contributed by atoms with Crippen LogP contribution in [0.25, 0.3) is 0 Å². The molecule has 734 valence electrons. The maximum atomic E-state index is 14.2. The first-order chi connectivity index (χ1) is 71.2. The zero-order chi connectivity index (χ0) is 104. The van der Waals surface area contributed by atoms with E-state index in [1.165, 1.54) is 24.3 Å². The van der Waals surface area contributed by atoms with Crippen molar-refractivity contribution in [1.82, 2.24) is 29.9 Å². The zero-order valence-corrected chi connectivity index (χ0v) is 82.8. The zero-order valence-electron chi connectivity index (χ0n) is 82.8. The van der Waals surface area contributed by atoms with Crippen molar-refractivity contribution in [3.8, 4) is 12.3 Å². The normalized spacial score (nSPS) is 10.2. The number of aromatic nitrogens is 6. The van der Waals surface area contributed by atoms with E-state index in [1.807, 2.05) is 350 Å². The number of pyridine rings is 6. The van der Waals surface area contributed by atoms with Crippen LogP contribution in [-0.4, -0.2) is 100 Å². The number of carbonyl (C=O) groups is 6. The maximum absolute atomic E-state index is 14.2. The molecule has 6 aromatic heterocycles. The fraction of sp³-hybridized carbons (Fsp3) is 0.0909. The molecule has 7 N–H and O–H groups in total. The molecule has 0 saturated heterocycles. The van der Waals surface area contributed by atoms with Crippen LogP contribution in [0, 0.1) is 58.6 Å². The minimum atomic E-state index is -0.423. The first kappa shape index (κ1) is 105. The van der Waals surface area contributed by atoms with Gasteiger partial charge in [0.15, 0.2) is 0 Å². The van der Waals surface area contributed by atoms with Gasteiger partial charge in [0, 0.05) is 179 Å². The highest BCUT2D eigenvalue weighted by Gasteiger charge is 2.19. The average Bonchev–Trinajstić information content (AvgIpc) is 0.830. The van der Waals surface area contributed by atoms with Gasteiger partial charge in [-0.05, 0) is 302 Å². The third-order valence-corrected chi connectivity index (χ3v) is 22.6. The van der Waals surface area contributed by atoms with Crippen molar-refractivity contribution in [2.45, 2.75) is 41.5 Å². The highest BCUT2D eigenvalue weighted by molar-refractivity contribution is 6.08. The molecule has 147 heavy (non-hydrogen) atoms. The molecule has 0 fully saturated rings. The number of terminal acetylenes is 1. The number of anilines is 18. The molecule has 0 spiro atoms. The molecule has 6 amide bonds. The summed E-state index contributed by atoms with van der Waals surface area (Å²) >= 11 is 0. The molecule has 0 aliphatic carbocycles. The van der Waals surface area contributed by atoms with Crippen LogP contribution in [-0.2, 0) is 0 Å². The summed E-state index contributed by atoms with van der Waals surface area (Å²) in [7, 11) is 7.71. The number of hydrogen-bond acceptors (Lipinski definition) is 18. The lowest BCUT2D eigenvalue weighted by atomic mass is 10.1. The van der Waals surface area contributed by atoms with Crippen LogP contribution in [0.2, 0.25) is 0 Å². The summed E-state index contributed by atoms with van der Waals surface area (Å²) in [6.45, 7) is 12.4. The number of nitrogens with one attached hydrogen (secondary N) is 7. The first-order valence-corrected chi connectivity index (χ1v) is 46.9. The lowest BCUT2D eigenvalue weighted by Gasteiger charge is -2.23. The van der Waals surface area contributed by atoms with Crippen molar-refractivity contribution in [3.63, 3.8) is 0 Å². The van der Waals surface area contributed by atoms with E-state index >= 15 is 0 Å². The second kappa shape index (κ2) is 52.7. The molecule has 0 radical (unpaired) electrons. The van der Waals surface area contributed by atoms with Crippen molar-refractivity contribution in [1.29, 1.82) is 0 Å². The third-order valence-electron chi connectivity index (χ3n) is 22.6. The summed E-state index contributed by atoms with van der Waals surface area (Å²) in [6, 6.07) is 107. The van der Waals surface area contributed by atoms with Crippen molar-refractivity contribution in [3.05, 3.63) is 505 Å². The molecule has 18 aromatic rings. The highest BCUT2D eigenvalue weighted by atomic mass is 19.1. The minimum absolute atomic E-state index is 0.111. The van der Waals surface area contributed by atoms with Gasteiger partial charge in [-0.25, -0.2) is 8.78 Å². The Morgan fingerprint density at radius 2 is 0.503 bits per heavy atom. The highest BCUT2D eigenvalue weighted by Crippen LogP contribution is 2.34.